The van der Waals surface area contributed by atoms with Crippen LogP contribution in [-0.4, -0.2) is 35.8 Å². The predicted octanol–water partition coefficient (Wildman–Crippen LogP) is 3.69. The summed E-state index contributed by atoms with van der Waals surface area (Å²) in [7, 11) is 0. The van der Waals surface area contributed by atoms with Gasteiger partial charge in [0.25, 0.3) is 0 Å². The van der Waals surface area contributed by atoms with Gasteiger partial charge in [0.15, 0.2) is 5.82 Å². The lowest BCUT2D eigenvalue weighted by atomic mass is 10.2. The van der Waals surface area contributed by atoms with E-state index in [1.165, 1.54) is 4.88 Å². The number of ether oxygens (including phenoxy) is 1. The number of fused-ring (bicyclic) bond motifs is 1. The molecule has 0 aliphatic carbocycles. The lowest BCUT2D eigenvalue weighted by Crippen LogP contribution is -2.44. The summed E-state index contributed by atoms with van der Waals surface area (Å²) in [5, 5.41) is 0.319. The van der Waals surface area contributed by atoms with E-state index in [-0.39, 0.29) is 0 Å². The summed E-state index contributed by atoms with van der Waals surface area (Å²) in [4.78, 5) is 12.4. The maximum atomic E-state index is 6.10. The lowest BCUT2D eigenvalue weighted by Gasteiger charge is -2.34. The molecule has 1 fully saturated rings. The summed E-state index contributed by atoms with van der Waals surface area (Å²) in [6.45, 7) is 8.84. The second-order valence-corrected chi connectivity index (χ2v) is 6.87. The smallest absolute Gasteiger partial charge is 0.224 e. The number of morpholine rings is 1. The Kier molecular flexibility index (Phi) is 3.84. The number of aromatic nitrogens is 2. The Hall–Kier alpha value is -0.910. The molecule has 0 spiro atoms. The van der Waals surface area contributed by atoms with E-state index in [1.54, 1.807) is 11.3 Å². The van der Waals surface area contributed by atoms with E-state index in [2.05, 4.69) is 41.7 Å². The van der Waals surface area contributed by atoms with Crippen LogP contribution in [0, 0.1) is 0 Å². The van der Waals surface area contributed by atoms with Crippen molar-refractivity contribution < 1.29 is 4.74 Å². The second kappa shape index (κ2) is 5.47. The summed E-state index contributed by atoms with van der Waals surface area (Å²) in [6, 6.07) is 2.44. The summed E-state index contributed by atoms with van der Waals surface area (Å²) < 4.78 is 6.64. The Morgan fingerprint density at radius 3 is 2.95 bits per heavy atom. The van der Waals surface area contributed by atoms with Gasteiger partial charge in [-0.3, -0.25) is 0 Å². The van der Waals surface area contributed by atoms with Crippen LogP contribution >= 0.6 is 22.9 Å². The summed E-state index contributed by atoms with van der Waals surface area (Å²) in [6.07, 6.45) is 0. The average Bonchev–Trinajstić information content (AvgIpc) is 2.82. The summed E-state index contributed by atoms with van der Waals surface area (Å²) >= 11 is 7.87. The molecule has 4 nitrogen and oxygen atoms in total. The van der Waals surface area contributed by atoms with Gasteiger partial charge in [-0.15, -0.1) is 11.3 Å². The molecule has 0 amide bonds. The minimum Gasteiger partial charge on any atom is -0.377 e. The molecule has 3 heterocycles. The topological polar surface area (TPSA) is 38.2 Å². The quantitative estimate of drug-likeness (QED) is 0.793. The normalized spacial score (nSPS) is 20.1. The molecule has 2 aromatic rings. The Morgan fingerprint density at radius 1 is 1.45 bits per heavy atom. The van der Waals surface area contributed by atoms with Crippen LogP contribution in [0.2, 0.25) is 5.28 Å². The molecular weight excluding hydrogens is 294 g/mol. The third-order valence-corrected chi connectivity index (χ3v) is 5.14. The fraction of sp³-hybridized carbons (Fsp3) is 0.571. The third kappa shape index (κ3) is 2.50. The number of thiophene rings is 1. The number of rotatable bonds is 2. The van der Waals surface area contributed by atoms with Crippen molar-refractivity contribution in [2.24, 2.45) is 0 Å². The van der Waals surface area contributed by atoms with Crippen LogP contribution in [0.1, 0.15) is 31.6 Å². The fourth-order valence-electron chi connectivity index (χ4n) is 2.43. The van der Waals surface area contributed by atoms with Crippen LogP contribution in [0.5, 0.6) is 0 Å². The van der Waals surface area contributed by atoms with Crippen molar-refractivity contribution in [2.75, 3.05) is 24.7 Å². The van der Waals surface area contributed by atoms with E-state index in [1.807, 2.05) is 0 Å². The zero-order valence-electron chi connectivity index (χ0n) is 11.9. The molecule has 108 valence electrons. The summed E-state index contributed by atoms with van der Waals surface area (Å²) in [5.74, 6) is 1.44. The van der Waals surface area contributed by atoms with E-state index in [0.717, 1.165) is 35.8 Å². The Bertz CT molecular complexity index is 628. The first kappa shape index (κ1) is 14.0. The highest BCUT2D eigenvalue weighted by molar-refractivity contribution is 7.19. The molecule has 20 heavy (non-hydrogen) atoms. The number of nitrogens with zero attached hydrogens (tertiary/aromatic N) is 3. The zero-order valence-corrected chi connectivity index (χ0v) is 13.5. The second-order valence-electron chi connectivity index (χ2n) is 5.45. The molecule has 0 aromatic carbocycles. The van der Waals surface area contributed by atoms with Crippen LogP contribution in [0.4, 0.5) is 5.82 Å². The first-order chi connectivity index (χ1) is 9.56. The standard InChI is InChI=1S/C14H18ClN3OS/c1-8(2)11-6-10-12(20-11)13(17-14(15)16-10)18-4-5-19-7-9(18)3/h6,8-9H,4-5,7H2,1-3H3. The Labute approximate surface area is 127 Å². The number of hydrogen-bond acceptors (Lipinski definition) is 5. The van der Waals surface area contributed by atoms with Crippen LogP contribution < -0.4 is 4.90 Å². The van der Waals surface area contributed by atoms with E-state index < -0.39 is 0 Å². The van der Waals surface area contributed by atoms with E-state index >= 15 is 0 Å². The highest BCUT2D eigenvalue weighted by Gasteiger charge is 2.24. The maximum absolute atomic E-state index is 6.10. The molecule has 1 aliphatic rings. The molecule has 2 aromatic heterocycles. The highest BCUT2D eigenvalue weighted by atomic mass is 35.5. The van der Waals surface area contributed by atoms with Gasteiger partial charge in [0.2, 0.25) is 5.28 Å². The third-order valence-electron chi connectivity index (χ3n) is 3.55. The van der Waals surface area contributed by atoms with Gasteiger partial charge in [-0.1, -0.05) is 13.8 Å². The van der Waals surface area contributed by atoms with Crippen LogP contribution in [-0.2, 0) is 4.74 Å². The number of anilines is 1. The highest BCUT2D eigenvalue weighted by Crippen LogP contribution is 2.36. The molecule has 1 aliphatic heterocycles. The molecule has 0 N–H and O–H groups in total. The van der Waals surface area contributed by atoms with Gasteiger partial charge in [0.05, 0.1) is 29.5 Å². The number of halogens is 1. The molecule has 1 atom stereocenters. The molecule has 1 unspecified atom stereocenters. The van der Waals surface area contributed by atoms with Crippen molar-refractivity contribution in [3.8, 4) is 0 Å². The monoisotopic (exact) mass is 311 g/mol. The molecule has 0 saturated carbocycles. The van der Waals surface area contributed by atoms with Crippen molar-refractivity contribution in [3.05, 3.63) is 16.2 Å². The van der Waals surface area contributed by atoms with Gasteiger partial charge in [-0.2, -0.15) is 4.98 Å². The summed E-state index contributed by atoms with van der Waals surface area (Å²) in [5.41, 5.74) is 0.951. The fourth-order valence-corrected chi connectivity index (χ4v) is 3.70. The van der Waals surface area contributed by atoms with Gasteiger partial charge < -0.3 is 9.64 Å². The first-order valence-electron chi connectivity index (χ1n) is 6.87. The van der Waals surface area contributed by atoms with E-state index in [0.29, 0.717) is 17.2 Å². The molecule has 3 rings (SSSR count). The first-order valence-corrected chi connectivity index (χ1v) is 8.07. The minimum absolute atomic E-state index is 0.308. The van der Waals surface area contributed by atoms with Gasteiger partial charge in [0.1, 0.15) is 0 Å². The van der Waals surface area contributed by atoms with Crippen molar-refractivity contribution in [2.45, 2.75) is 32.7 Å². The Morgan fingerprint density at radius 2 is 2.25 bits per heavy atom. The number of hydrogen-bond donors (Lipinski definition) is 0. The molecular formula is C14H18ClN3OS. The zero-order chi connectivity index (χ0) is 14.3. The SMILES string of the molecule is CC(C)c1cc2nc(Cl)nc(N3CCOCC3C)c2s1. The van der Waals surface area contributed by atoms with Crippen LogP contribution in [0.15, 0.2) is 6.07 Å². The Balaban J connectivity index is 2.13. The molecule has 0 bridgehead atoms. The molecule has 6 heteroatoms. The van der Waals surface area contributed by atoms with Gasteiger partial charge >= 0.3 is 0 Å². The maximum Gasteiger partial charge on any atom is 0.224 e. The van der Waals surface area contributed by atoms with Gasteiger partial charge in [0, 0.05) is 11.4 Å². The van der Waals surface area contributed by atoms with Crippen LogP contribution in [0.3, 0.4) is 0 Å². The van der Waals surface area contributed by atoms with E-state index in [4.69, 9.17) is 16.3 Å². The van der Waals surface area contributed by atoms with Crippen molar-refractivity contribution >= 4 is 39.0 Å². The van der Waals surface area contributed by atoms with Gasteiger partial charge in [-0.05, 0) is 30.5 Å². The molecule has 0 radical (unpaired) electrons. The average molecular weight is 312 g/mol. The van der Waals surface area contributed by atoms with E-state index in [9.17, 15) is 0 Å². The largest absolute Gasteiger partial charge is 0.377 e. The predicted molar refractivity (Wildman–Crippen MR) is 84.1 cm³/mol. The van der Waals surface area contributed by atoms with Crippen molar-refractivity contribution in [1.82, 2.24) is 9.97 Å². The van der Waals surface area contributed by atoms with Crippen LogP contribution in [0.25, 0.3) is 10.2 Å². The lowest BCUT2D eigenvalue weighted by molar-refractivity contribution is 0.0987. The molecule has 1 saturated heterocycles. The minimum atomic E-state index is 0.308. The van der Waals surface area contributed by atoms with Gasteiger partial charge in [-0.25, -0.2) is 4.98 Å². The van der Waals surface area contributed by atoms with Crippen molar-refractivity contribution in [1.29, 1.82) is 0 Å². The van der Waals surface area contributed by atoms with Crippen molar-refractivity contribution in [3.63, 3.8) is 0 Å².